The fourth-order valence-corrected chi connectivity index (χ4v) is 2.89. The first-order chi connectivity index (χ1) is 14.0. The highest BCUT2D eigenvalue weighted by molar-refractivity contribution is 5.66. The third-order valence-corrected chi connectivity index (χ3v) is 4.89. The molecule has 0 spiro atoms. The Hall–Kier alpha value is -3.27. The number of aryl methyl sites for hydroxylation is 2. The second-order valence-corrected chi connectivity index (χ2v) is 7.08. The van der Waals surface area contributed by atoms with Crippen LogP contribution in [-0.4, -0.2) is 31.9 Å². The van der Waals surface area contributed by atoms with Gasteiger partial charge in [-0.05, 0) is 79.4 Å². The van der Waals surface area contributed by atoms with Crippen molar-refractivity contribution >= 4 is 12.0 Å². The number of aliphatic imine (C=N–C) groups is 1. The number of nitrogens with zero attached hydrogens (tertiary/aromatic N) is 2. The normalized spacial score (nSPS) is 10.9. The van der Waals surface area contributed by atoms with E-state index in [1.165, 1.54) is 0 Å². The van der Waals surface area contributed by atoms with Crippen molar-refractivity contribution in [2.45, 2.75) is 20.8 Å². The molecule has 0 fully saturated rings. The molecule has 4 nitrogen and oxygen atoms in total. The summed E-state index contributed by atoms with van der Waals surface area (Å²) in [4.78, 5) is 6.62. The van der Waals surface area contributed by atoms with E-state index in [-0.39, 0.29) is 0 Å². The SMILES string of the molecule is CCN(C)/C=N/c1cc(C)c(Oc2ccc(-c3ccc(OC)cc3)cc2)cc1C. The van der Waals surface area contributed by atoms with Crippen LogP contribution in [0.4, 0.5) is 5.69 Å². The van der Waals surface area contributed by atoms with E-state index in [1.54, 1.807) is 7.11 Å². The molecule has 0 heterocycles. The molecule has 0 aliphatic heterocycles. The minimum Gasteiger partial charge on any atom is -0.497 e. The van der Waals surface area contributed by atoms with Crippen LogP contribution < -0.4 is 9.47 Å². The fourth-order valence-electron chi connectivity index (χ4n) is 2.89. The van der Waals surface area contributed by atoms with Gasteiger partial charge in [-0.3, -0.25) is 0 Å². The molecule has 0 saturated carbocycles. The lowest BCUT2D eigenvalue weighted by molar-refractivity contribution is 0.415. The van der Waals surface area contributed by atoms with Gasteiger partial charge in [-0.25, -0.2) is 4.99 Å². The second-order valence-electron chi connectivity index (χ2n) is 7.08. The van der Waals surface area contributed by atoms with Crippen molar-refractivity contribution in [1.29, 1.82) is 0 Å². The molecule has 4 heteroatoms. The van der Waals surface area contributed by atoms with Crippen LogP contribution in [0.15, 0.2) is 65.7 Å². The molecular weight excluding hydrogens is 360 g/mol. The van der Waals surface area contributed by atoms with Crippen molar-refractivity contribution in [3.05, 3.63) is 71.8 Å². The van der Waals surface area contributed by atoms with Gasteiger partial charge in [0.05, 0.1) is 19.1 Å². The van der Waals surface area contributed by atoms with Crippen molar-refractivity contribution in [1.82, 2.24) is 4.90 Å². The Balaban J connectivity index is 1.75. The van der Waals surface area contributed by atoms with E-state index < -0.39 is 0 Å². The van der Waals surface area contributed by atoms with Crippen molar-refractivity contribution in [2.75, 3.05) is 20.7 Å². The highest BCUT2D eigenvalue weighted by atomic mass is 16.5. The van der Waals surface area contributed by atoms with Crippen LogP contribution in [0.2, 0.25) is 0 Å². The summed E-state index contributed by atoms with van der Waals surface area (Å²) in [5.41, 5.74) is 5.38. The molecule has 0 saturated heterocycles. The van der Waals surface area contributed by atoms with Gasteiger partial charge < -0.3 is 14.4 Å². The van der Waals surface area contributed by atoms with Gasteiger partial charge in [0.25, 0.3) is 0 Å². The lowest BCUT2D eigenvalue weighted by Gasteiger charge is -2.13. The Morgan fingerprint density at radius 1 is 0.862 bits per heavy atom. The molecule has 0 amide bonds. The molecule has 3 aromatic rings. The standard InChI is InChI=1S/C25H28N2O2/c1-6-27(4)17-26-24-15-19(3)25(16-18(24)2)29-23-13-9-21(10-14-23)20-7-11-22(28-5)12-8-20/h7-17H,6H2,1-5H3/b26-17+. The number of methoxy groups -OCH3 is 1. The summed E-state index contributed by atoms with van der Waals surface area (Å²) in [6.07, 6.45) is 1.86. The smallest absolute Gasteiger partial charge is 0.130 e. The maximum absolute atomic E-state index is 6.14. The number of hydrogen-bond donors (Lipinski definition) is 0. The Morgan fingerprint density at radius 3 is 2.00 bits per heavy atom. The van der Waals surface area contributed by atoms with Crippen LogP contribution in [0.5, 0.6) is 17.2 Å². The Bertz CT molecular complexity index is 977. The van der Waals surface area contributed by atoms with Crippen LogP contribution in [0.3, 0.4) is 0 Å². The van der Waals surface area contributed by atoms with Gasteiger partial charge in [0, 0.05) is 13.6 Å². The Labute approximate surface area is 173 Å². The van der Waals surface area contributed by atoms with Gasteiger partial charge in [-0.1, -0.05) is 24.3 Å². The van der Waals surface area contributed by atoms with Crippen LogP contribution >= 0.6 is 0 Å². The predicted octanol–water partition coefficient (Wildman–Crippen LogP) is 6.38. The zero-order chi connectivity index (χ0) is 20.8. The first kappa shape index (κ1) is 20.5. The average molecular weight is 389 g/mol. The molecule has 3 rings (SSSR count). The predicted molar refractivity (Wildman–Crippen MR) is 121 cm³/mol. The Morgan fingerprint density at radius 2 is 1.45 bits per heavy atom. The maximum Gasteiger partial charge on any atom is 0.130 e. The molecular formula is C25H28N2O2. The van der Waals surface area contributed by atoms with Crippen molar-refractivity contribution in [2.24, 2.45) is 4.99 Å². The maximum atomic E-state index is 6.14. The zero-order valence-corrected chi connectivity index (χ0v) is 17.8. The largest absolute Gasteiger partial charge is 0.497 e. The number of ether oxygens (including phenoxy) is 2. The van der Waals surface area contributed by atoms with Gasteiger partial charge in [-0.15, -0.1) is 0 Å². The van der Waals surface area contributed by atoms with Crippen molar-refractivity contribution in [3.63, 3.8) is 0 Å². The van der Waals surface area contributed by atoms with E-state index in [0.29, 0.717) is 0 Å². The summed E-state index contributed by atoms with van der Waals surface area (Å²) in [7, 11) is 3.69. The topological polar surface area (TPSA) is 34.1 Å². The average Bonchev–Trinajstić information content (AvgIpc) is 2.75. The molecule has 29 heavy (non-hydrogen) atoms. The van der Waals surface area contributed by atoms with E-state index in [4.69, 9.17) is 9.47 Å². The third-order valence-electron chi connectivity index (χ3n) is 4.89. The van der Waals surface area contributed by atoms with Crippen molar-refractivity contribution < 1.29 is 9.47 Å². The molecule has 0 N–H and O–H groups in total. The van der Waals surface area contributed by atoms with Crippen LogP contribution in [-0.2, 0) is 0 Å². The lowest BCUT2D eigenvalue weighted by atomic mass is 10.1. The quantitative estimate of drug-likeness (QED) is 0.348. The van der Waals surface area contributed by atoms with Crippen LogP contribution in [0, 0.1) is 13.8 Å². The summed E-state index contributed by atoms with van der Waals surface area (Å²) < 4.78 is 11.4. The number of hydrogen-bond acceptors (Lipinski definition) is 3. The first-order valence-electron chi connectivity index (χ1n) is 9.78. The zero-order valence-electron chi connectivity index (χ0n) is 17.8. The minimum atomic E-state index is 0.812. The van der Waals surface area contributed by atoms with Gasteiger partial charge in [0.15, 0.2) is 0 Å². The fraction of sp³-hybridized carbons (Fsp3) is 0.240. The summed E-state index contributed by atoms with van der Waals surface area (Å²) in [5.74, 6) is 2.52. The van der Waals surface area contributed by atoms with Crippen LogP contribution in [0.25, 0.3) is 11.1 Å². The number of rotatable bonds is 7. The van der Waals surface area contributed by atoms with E-state index in [1.807, 2.05) is 55.5 Å². The summed E-state index contributed by atoms with van der Waals surface area (Å²) >= 11 is 0. The second kappa shape index (κ2) is 9.28. The highest BCUT2D eigenvalue weighted by Crippen LogP contribution is 2.32. The van der Waals surface area contributed by atoms with Crippen molar-refractivity contribution in [3.8, 4) is 28.4 Å². The molecule has 0 aromatic heterocycles. The molecule has 0 aliphatic carbocycles. The molecule has 0 atom stereocenters. The third kappa shape index (κ3) is 5.17. The highest BCUT2D eigenvalue weighted by Gasteiger charge is 2.07. The Kier molecular flexibility index (Phi) is 6.55. The van der Waals surface area contributed by atoms with E-state index in [2.05, 4.69) is 49.2 Å². The van der Waals surface area contributed by atoms with E-state index in [9.17, 15) is 0 Å². The van der Waals surface area contributed by atoms with E-state index >= 15 is 0 Å². The first-order valence-corrected chi connectivity index (χ1v) is 9.78. The molecule has 0 aliphatic rings. The summed E-state index contributed by atoms with van der Waals surface area (Å²) in [5, 5.41) is 0. The lowest BCUT2D eigenvalue weighted by Crippen LogP contribution is -2.14. The minimum absolute atomic E-state index is 0.812. The van der Waals surface area contributed by atoms with Crippen LogP contribution in [0.1, 0.15) is 18.1 Å². The summed E-state index contributed by atoms with van der Waals surface area (Å²) in [6, 6.07) is 20.3. The van der Waals surface area contributed by atoms with Gasteiger partial charge in [0.1, 0.15) is 17.2 Å². The van der Waals surface area contributed by atoms with Gasteiger partial charge in [-0.2, -0.15) is 0 Å². The van der Waals surface area contributed by atoms with E-state index in [0.717, 1.165) is 51.7 Å². The van der Waals surface area contributed by atoms with Gasteiger partial charge in [0.2, 0.25) is 0 Å². The molecule has 3 aromatic carbocycles. The molecule has 150 valence electrons. The summed E-state index contributed by atoms with van der Waals surface area (Å²) in [6.45, 7) is 7.12. The number of benzene rings is 3. The molecule has 0 bridgehead atoms. The molecule has 0 radical (unpaired) electrons. The monoisotopic (exact) mass is 388 g/mol. The van der Waals surface area contributed by atoms with Gasteiger partial charge >= 0.3 is 0 Å². The molecule has 0 unspecified atom stereocenters.